The Kier molecular flexibility index (Phi) is 5.08. The van der Waals surface area contributed by atoms with Crippen LogP contribution in [-0.2, 0) is 16.1 Å². The quantitative estimate of drug-likeness (QED) is 0.859. The first-order chi connectivity index (χ1) is 10.5. The molecule has 1 heterocycles. The maximum absolute atomic E-state index is 12.2. The predicted molar refractivity (Wildman–Crippen MR) is 78.6 cm³/mol. The second-order valence-electron chi connectivity index (χ2n) is 5.26. The fourth-order valence-electron chi connectivity index (χ4n) is 2.07. The molecule has 1 aliphatic heterocycles. The van der Waals surface area contributed by atoms with E-state index in [1.807, 2.05) is 26.0 Å². The van der Waals surface area contributed by atoms with Crippen LogP contribution in [0.2, 0.25) is 0 Å². The van der Waals surface area contributed by atoms with Crippen LogP contribution in [0.15, 0.2) is 18.2 Å². The largest absolute Gasteiger partial charge is 0.454 e. The van der Waals surface area contributed by atoms with Gasteiger partial charge in [-0.2, -0.15) is 0 Å². The predicted octanol–water partition coefficient (Wildman–Crippen LogP) is 1.41. The molecular weight excluding hydrogens is 288 g/mol. The highest BCUT2D eigenvalue weighted by Crippen LogP contribution is 2.32. The SMILES string of the molecule is COC(=O)N[C@@H](C(=O)NCc1ccc2c(c1)OCO2)C(C)C. The number of ether oxygens (including phenoxy) is 3. The fraction of sp³-hybridized carbons (Fsp3) is 0.467. The summed E-state index contributed by atoms with van der Waals surface area (Å²) >= 11 is 0. The molecule has 2 N–H and O–H groups in total. The number of carbonyl (C=O) groups excluding carboxylic acids is 2. The van der Waals surface area contributed by atoms with Crippen LogP contribution in [0.1, 0.15) is 19.4 Å². The zero-order chi connectivity index (χ0) is 16.1. The first-order valence-corrected chi connectivity index (χ1v) is 7.02. The van der Waals surface area contributed by atoms with Gasteiger partial charge in [-0.1, -0.05) is 19.9 Å². The summed E-state index contributed by atoms with van der Waals surface area (Å²) in [4.78, 5) is 23.5. The summed E-state index contributed by atoms with van der Waals surface area (Å²) in [6.45, 7) is 4.24. The van der Waals surface area contributed by atoms with E-state index >= 15 is 0 Å². The van der Waals surface area contributed by atoms with Crippen LogP contribution in [0.3, 0.4) is 0 Å². The Morgan fingerprint density at radius 1 is 1.27 bits per heavy atom. The maximum atomic E-state index is 12.2. The molecule has 0 saturated heterocycles. The number of alkyl carbamates (subject to hydrolysis) is 1. The van der Waals surface area contributed by atoms with Crippen molar-refractivity contribution in [1.82, 2.24) is 10.6 Å². The van der Waals surface area contributed by atoms with E-state index in [1.165, 1.54) is 7.11 Å². The molecule has 0 unspecified atom stereocenters. The van der Waals surface area contributed by atoms with Gasteiger partial charge in [0.05, 0.1) is 7.11 Å². The number of methoxy groups -OCH3 is 1. The number of carbonyl (C=O) groups is 2. The van der Waals surface area contributed by atoms with E-state index in [2.05, 4.69) is 15.4 Å². The summed E-state index contributed by atoms with van der Waals surface area (Å²) in [5, 5.41) is 5.32. The Hall–Kier alpha value is -2.44. The summed E-state index contributed by atoms with van der Waals surface area (Å²) in [5.74, 6) is 1.04. The van der Waals surface area contributed by atoms with Gasteiger partial charge in [0.15, 0.2) is 11.5 Å². The van der Waals surface area contributed by atoms with E-state index < -0.39 is 12.1 Å². The third-order valence-corrected chi connectivity index (χ3v) is 3.31. The van der Waals surface area contributed by atoms with E-state index in [1.54, 1.807) is 6.07 Å². The molecule has 22 heavy (non-hydrogen) atoms. The smallest absolute Gasteiger partial charge is 0.407 e. The Labute approximate surface area is 128 Å². The lowest BCUT2D eigenvalue weighted by Crippen LogP contribution is -2.49. The third-order valence-electron chi connectivity index (χ3n) is 3.31. The Bertz CT molecular complexity index is 559. The molecule has 1 aromatic carbocycles. The number of hydrogen-bond donors (Lipinski definition) is 2. The second kappa shape index (κ2) is 7.02. The molecule has 7 heteroatoms. The number of rotatable bonds is 5. The van der Waals surface area contributed by atoms with Crippen LogP contribution in [0.5, 0.6) is 11.5 Å². The summed E-state index contributed by atoms with van der Waals surface area (Å²) < 4.78 is 15.1. The van der Waals surface area contributed by atoms with Crippen molar-refractivity contribution in [2.45, 2.75) is 26.4 Å². The van der Waals surface area contributed by atoms with Gasteiger partial charge >= 0.3 is 6.09 Å². The summed E-state index contributed by atoms with van der Waals surface area (Å²) in [7, 11) is 1.26. The number of nitrogens with one attached hydrogen (secondary N) is 2. The highest BCUT2D eigenvalue weighted by molar-refractivity contribution is 5.85. The van der Waals surface area contributed by atoms with Crippen molar-refractivity contribution in [3.05, 3.63) is 23.8 Å². The Morgan fingerprint density at radius 3 is 2.68 bits per heavy atom. The van der Waals surface area contributed by atoms with Crippen LogP contribution < -0.4 is 20.1 Å². The first-order valence-electron chi connectivity index (χ1n) is 7.02. The molecule has 0 radical (unpaired) electrons. The molecule has 1 aromatic rings. The minimum Gasteiger partial charge on any atom is -0.454 e. The van der Waals surface area contributed by atoms with Crippen molar-refractivity contribution in [1.29, 1.82) is 0 Å². The number of hydrogen-bond acceptors (Lipinski definition) is 5. The van der Waals surface area contributed by atoms with Gasteiger partial charge in [0, 0.05) is 6.54 Å². The molecule has 0 bridgehead atoms. The highest BCUT2D eigenvalue weighted by atomic mass is 16.7. The topological polar surface area (TPSA) is 85.9 Å². The highest BCUT2D eigenvalue weighted by Gasteiger charge is 2.24. The molecular formula is C15H20N2O5. The Balaban J connectivity index is 1.94. The minimum atomic E-state index is -0.651. The molecule has 7 nitrogen and oxygen atoms in total. The van der Waals surface area contributed by atoms with Crippen LogP contribution >= 0.6 is 0 Å². The maximum Gasteiger partial charge on any atom is 0.407 e. The molecule has 0 saturated carbocycles. The van der Waals surface area contributed by atoms with E-state index in [4.69, 9.17) is 9.47 Å². The first kappa shape index (κ1) is 15.9. The van der Waals surface area contributed by atoms with Crippen LogP contribution in [0, 0.1) is 5.92 Å². The molecule has 0 aliphatic carbocycles. The van der Waals surface area contributed by atoms with Gasteiger partial charge in [0.25, 0.3) is 0 Å². The van der Waals surface area contributed by atoms with Gasteiger partial charge in [0.2, 0.25) is 12.7 Å². The fourth-order valence-corrected chi connectivity index (χ4v) is 2.07. The number of fused-ring (bicyclic) bond motifs is 1. The number of amides is 2. The van der Waals surface area contributed by atoms with E-state index in [0.717, 1.165) is 5.56 Å². The van der Waals surface area contributed by atoms with Crippen LogP contribution in [0.4, 0.5) is 4.79 Å². The van der Waals surface area contributed by atoms with Gasteiger partial charge in [0.1, 0.15) is 6.04 Å². The van der Waals surface area contributed by atoms with Crippen LogP contribution in [0.25, 0.3) is 0 Å². The monoisotopic (exact) mass is 308 g/mol. The van der Waals surface area contributed by atoms with Gasteiger partial charge in [-0.05, 0) is 23.6 Å². The molecule has 1 aliphatic rings. The van der Waals surface area contributed by atoms with Gasteiger partial charge in [-0.15, -0.1) is 0 Å². The lowest BCUT2D eigenvalue weighted by molar-refractivity contribution is -0.124. The molecule has 2 amide bonds. The zero-order valence-corrected chi connectivity index (χ0v) is 12.8. The van der Waals surface area contributed by atoms with Crippen molar-refractivity contribution >= 4 is 12.0 Å². The zero-order valence-electron chi connectivity index (χ0n) is 12.8. The molecule has 2 rings (SSSR count). The standard InChI is InChI=1S/C15H20N2O5/c1-9(2)13(17-15(19)20-3)14(18)16-7-10-4-5-11-12(6-10)22-8-21-11/h4-6,9,13H,7-8H2,1-3H3,(H,16,18)(H,17,19)/t13-/m1/s1. The van der Waals surface area contributed by atoms with Gasteiger partial charge in [-0.3, -0.25) is 4.79 Å². The minimum absolute atomic E-state index is 0.0594. The second-order valence-corrected chi connectivity index (χ2v) is 5.26. The van der Waals surface area contributed by atoms with Crippen molar-refractivity contribution in [2.24, 2.45) is 5.92 Å². The van der Waals surface area contributed by atoms with Crippen molar-refractivity contribution < 1.29 is 23.8 Å². The van der Waals surface area contributed by atoms with Gasteiger partial charge in [-0.25, -0.2) is 4.79 Å². The van der Waals surface area contributed by atoms with Crippen LogP contribution in [-0.4, -0.2) is 31.9 Å². The lowest BCUT2D eigenvalue weighted by Gasteiger charge is -2.21. The number of benzene rings is 1. The molecule has 0 spiro atoms. The molecule has 1 atom stereocenters. The average molecular weight is 308 g/mol. The summed E-state index contributed by atoms with van der Waals surface area (Å²) in [5.41, 5.74) is 0.887. The van der Waals surface area contributed by atoms with Crippen molar-refractivity contribution in [3.63, 3.8) is 0 Å². The Morgan fingerprint density at radius 2 is 2.00 bits per heavy atom. The van der Waals surface area contributed by atoms with E-state index in [9.17, 15) is 9.59 Å². The summed E-state index contributed by atoms with van der Waals surface area (Å²) in [6.07, 6.45) is -0.628. The van der Waals surface area contributed by atoms with Crippen molar-refractivity contribution in [3.8, 4) is 11.5 Å². The molecule has 0 aromatic heterocycles. The molecule has 0 fully saturated rings. The van der Waals surface area contributed by atoms with E-state index in [0.29, 0.717) is 18.0 Å². The molecule has 120 valence electrons. The summed E-state index contributed by atoms with van der Waals surface area (Å²) in [6, 6.07) is 4.82. The normalized spacial score (nSPS) is 13.6. The van der Waals surface area contributed by atoms with E-state index in [-0.39, 0.29) is 18.6 Å². The van der Waals surface area contributed by atoms with Crippen molar-refractivity contribution in [2.75, 3.05) is 13.9 Å². The van der Waals surface area contributed by atoms with Gasteiger partial charge < -0.3 is 24.8 Å². The lowest BCUT2D eigenvalue weighted by atomic mass is 10.0. The third kappa shape index (κ3) is 3.81. The average Bonchev–Trinajstić information content (AvgIpc) is 2.97.